The highest BCUT2D eigenvalue weighted by molar-refractivity contribution is 6.30. The molecule has 0 unspecified atom stereocenters. The quantitative estimate of drug-likeness (QED) is 0.694. The van der Waals surface area contributed by atoms with Crippen LogP contribution >= 0.6 is 11.6 Å². The minimum atomic E-state index is -0.822. The third-order valence-electron chi connectivity index (χ3n) is 4.85. The van der Waals surface area contributed by atoms with Gasteiger partial charge in [-0.2, -0.15) is 4.98 Å². The van der Waals surface area contributed by atoms with Crippen molar-refractivity contribution in [3.8, 4) is 0 Å². The van der Waals surface area contributed by atoms with Crippen LogP contribution in [0, 0.1) is 5.92 Å². The molecule has 0 amide bonds. The molecule has 4 rings (SSSR count). The van der Waals surface area contributed by atoms with Gasteiger partial charge in [0.1, 0.15) is 6.54 Å². The molecule has 0 spiro atoms. The van der Waals surface area contributed by atoms with Gasteiger partial charge in [-0.15, -0.1) is 0 Å². The third kappa shape index (κ3) is 3.65. The number of hydrogen-bond donors (Lipinski definition) is 1. The highest BCUT2D eigenvalue weighted by Gasteiger charge is 2.22. The summed E-state index contributed by atoms with van der Waals surface area (Å²) in [6.07, 6.45) is 0.0387. The fourth-order valence-electron chi connectivity index (χ4n) is 3.45. The molecule has 0 saturated carbocycles. The summed E-state index contributed by atoms with van der Waals surface area (Å²) in [5, 5.41) is 14.7. The smallest absolute Gasteiger partial charge is 0.331 e. The SMILES string of the molecule is C[C@@H]1Cc2cc(=O)n(Cc3nc(C[C@H](O)c4ccc(Cl)cc4)no3)c(=O)n2C1. The molecule has 0 fully saturated rings. The molecule has 1 aromatic carbocycles. The van der Waals surface area contributed by atoms with Gasteiger partial charge in [0.15, 0.2) is 5.82 Å². The molecule has 0 aliphatic carbocycles. The van der Waals surface area contributed by atoms with Crippen molar-refractivity contribution >= 4 is 11.6 Å². The first-order valence-corrected chi connectivity index (χ1v) is 9.37. The molecule has 146 valence electrons. The predicted molar refractivity (Wildman–Crippen MR) is 101 cm³/mol. The van der Waals surface area contributed by atoms with Crippen molar-refractivity contribution in [2.24, 2.45) is 5.92 Å². The van der Waals surface area contributed by atoms with Gasteiger partial charge >= 0.3 is 5.69 Å². The molecule has 28 heavy (non-hydrogen) atoms. The number of fused-ring (bicyclic) bond motifs is 1. The summed E-state index contributed by atoms with van der Waals surface area (Å²) >= 11 is 5.85. The fourth-order valence-corrected chi connectivity index (χ4v) is 3.58. The summed E-state index contributed by atoms with van der Waals surface area (Å²) in [7, 11) is 0. The van der Waals surface area contributed by atoms with E-state index < -0.39 is 6.10 Å². The first kappa shape index (κ1) is 18.6. The van der Waals surface area contributed by atoms with Gasteiger partial charge in [0.25, 0.3) is 5.56 Å². The Morgan fingerprint density at radius 1 is 1.32 bits per heavy atom. The lowest BCUT2D eigenvalue weighted by Crippen LogP contribution is -2.39. The molecule has 2 aromatic heterocycles. The molecule has 1 aliphatic heterocycles. The summed E-state index contributed by atoms with van der Waals surface area (Å²) < 4.78 is 7.88. The van der Waals surface area contributed by atoms with E-state index >= 15 is 0 Å². The highest BCUT2D eigenvalue weighted by Crippen LogP contribution is 2.19. The lowest BCUT2D eigenvalue weighted by atomic mass is 10.1. The molecule has 1 aliphatic rings. The Balaban J connectivity index is 1.52. The number of rotatable bonds is 5. The van der Waals surface area contributed by atoms with Gasteiger partial charge in [-0.3, -0.25) is 13.9 Å². The Morgan fingerprint density at radius 2 is 2.07 bits per heavy atom. The number of halogens is 1. The Bertz CT molecular complexity index is 1120. The number of aliphatic hydroxyl groups excluding tert-OH is 1. The fraction of sp³-hybridized carbons (Fsp3) is 0.368. The van der Waals surface area contributed by atoms with E-state index in [-0.39, 0.29) is 30.1 Å². The van der Waals surface area contributed by atoms with Gasteiger partial charge in [-0.1, -0.05) is 35.8 Å². The average molecular weight is 403 g/mol. The number of nitrogens with zero attached hydrogens (tertiary/aromatic N) is 4. The van der Waals surface area contributed by atoms with Crippen molar-refractivity contribution in [1.29, 1.82) is 0 Å². The van der Waals surface area contributed by atoms with E-state index in [1.807, 2.05) is 6.92 Å². The van der Waals surface area contributed by atoms with Crippen molar-refractivity contribution < 1.29 is 9.63 Å². The van der Waals surface area contributed by atoms with Crippen molar-refractivity contribution in [2.75, 3.05) is 0 Å². The van der Waals surface area contributed by atoms with Gasteiger partial charge in [0.2, 0.25) is 5.89 Å². The lowest BCUT2D eigenvalue weighted by Gasteiger charge is -2.08. The largest absolute Gasteiger partial charge is 0.388 e. The molecular weight excluding hydrogens is 384 g/mol. The van der Waals surface area contributed by atoms with E-state index in [1.165, 1.54) is 6.07 Å². The van der Waals surface area contributed by atoms with Crippen molar-refractivity contribution in [3.05, 3.63) is 79.2 Å². The van der Waals surface area contributed by atoms with Crippen LogP contribution in [0.4, 0.5) is 0 Å². The van der Waals surface area contributed by atoms with Crippen molar-refractivity contribution in [3.63, 3.8) is 0 Å². The van der Waals surface area contributed by atoms with E-state index in [0.717, 1.165) is 16.7 Å². The molecule has 9 heteroatoms. The molecule has 0 saturated heterocycles. The topological polar surface area (TPSA) is 103 Å². The minimum Gasteiger partial charge on any atom is -0.388 e. The van der Waals surface area contributed by atoms with E-state index in [4.69, 9.17) is 16.1 Å². The van der Waals surface area contributed by atoms with Crippen molar-refractivity contribution in [2.45, 2.75) is 39.0 Å². The number of hydrogen-bond acceptors (Lipinski definition) is 6. The van der Waals surface area contributed by atoms with Crippen LogP contribution in [-0.4, -0.2) is 24.4 Å². The molecule has 8 nitrogen and oxygen atoms in total. The Kier molecular flexibility index (Phi) is 4.91. The molecular formula is C19H19ClN4O4. The molecule has 0 bridgehead atoms. The van der Waals surface area contributed by atoms with Crippen LogP contribution in [0.1, 0.15) is 36.0 Å². The Morgan fingerprint density at radius 3 is 2.82 bits per heavy atom. The van der Waals surface area contributed by atoms with Crippen LogP contribution < -0.4 is 11.2 Å². The average Bonchev–Trinajstić information content (AvgIpc) is 3.25. The van der Waals surface area contributed by atoms with Crippen LogP contribution in [0.3, 0.4) is 0 Å². The molecule has 2 atom stereocenters. The van der Waals surface area contributed by atoms with Crippen LogP contribution in [0.5, 0.6) is 0 Å². The number of aliphatic hydroxyl groups is 1. The maximum Gasteiger partial charge on any atom is 0.331 e. The standard InChI is InChI=1S/C19H19ClN4O4/c1-11-6-14-7-18(26)24(19(27)23(14)9-11)10-17-21-16(22-28-17)8-15(25)12-2-4-13(20)5-3-12/h2-5,7,11,15,25H,6,8-10H2,1H3/t11-,15+/m1/s1. The second-order valence-electron chi connectivity index (χ2n) is 7.14. The van der Waals surface area contributed by atoms with Crippen molar-refractivity contribution in [1.82, 2.24) is 19.3 Å². The first-order chi connectivity index (χ1) is 13.4. The van der Waals surface area contributed by atoms with E-state index in [1.54, 1.807) is 28.8 Å². The Labute approximate surface area is 165 Å². The molecule has 3 heterocycles. The zero-order valence-corrected chi connectivity index (χ0v) is 16.0. The Hall–Kier alpha value is -2.71. The third-order valence-corrected chi connectivity index (χ3v) is 5.10. The van der Waals surface area contributed by atoms with Gasteiger partial charge in [-0.05, 0) is 30.0 Å². The summed E-state index contributed by atoms with van der Waals surface area (Å²) in [6, 6.07) is 8.32. The zero-order valence-electron chi connectivity index (χ0n) is 15.2. The second kappa shape index (κ2) is 7.37. The zero-order chi connectivity index (χ0) is 19.8. The summed E-state index contributed by atoms with van der Waals surface area (Å²) in [4.78, 5) is 29.1. The van der Waals surface area contributed by atoms with Crippen LogP contribution in [0.15, 0.2) is 44.4 Å². The van der Waals surface area contributed by atoms with Gasteiger partial charge in [0.05, 0.1) is 6.10 Å². The highest BCUT2D eigenvalue weighted by atomic mass is 35.5. The van der Waals surface area contributed by atoms with Gasteiger partial charge in [-0.25, -0.2) is 4.79 Å². The second-order valence-corrected chi connectivity index (χ2v) is 7.57. The summed E-state index contributed by atoms with van der Waals surface area (Å²) in [5.74, 6) is 0.761. The molecule has 1 N–H and O–H groups in total. The van der Waals surface area contributed by atoms with Gasteiger partial charge in [0, 0.05) is 29.7 Å². The van der Waals surface area contributed by atoms with Crippen LogP contribution in [0.2, 0.25) is 5.02 Å². The molecule has 3 aromatic rings. The maximum atomic E-state index is 12.6. The monoisotopic (exact) mass is 402 g/mol. The normalized spacial score (nSPS) is 16.9. The van der Waals surface area contributed by atoms with Gasteiger partial charge < -0.3 is 9.63 Å². The first-order valence-electron chi connectivity index (χ1n) is 8.99. The lowest BCUT2D eigenvalue weighted by molar-refractivity contribution is 0.174. The van der Waals surface area contributed by atoms with Crippen LogP contribution in [0.25, 0.3) is 0 Å². The minimum absolute atomic E-state index is 0.101. The summed E-state index contributed by atoms with van der Waals surface area (Å²) in [6.45, 7) is 2.53. The number of aromatic nitrogens is 4. The van der Waals surface area contributed by atoms with E-state index in [9.17, 15) is 14.7 Å². The predicted octanol–water partition coefficient (Wildman–Crippen LogP) is 1.56. The van der Waals surface area contributed by atoms with Crippen LogP contribution in [-0.2, 0) is 25.9 Å². The van der Waals surface area contributed by atoms with E-state index in [2.05, 4.69) is 10.1 Å². The molecule has 0 radical (unpaired) electrons. The van der Waals surface area contributed by atoms with E-state index in [0.29, 0.717) is 28.9 Å². The number of benzene rings is 1. The summed E-state index contributed by atoms with van der Waals surface area (Å²) in [5.41, 5.74) is 0.688. The maximum absolute atomic E-state index is 12.6.